The second kappa shape index (κ2) is 4.94. The number of hydrogen-bond acceptors (Lipinski definition) is 4. The zero-order valence-corrected chi connectivity index (χ0v) is 9.52. The van der Waals surface area contributed by atoms with Gasteiger partial charge in [0.25, 0.3) is 5.69 Å². The highest BCUT2D eigenvalue weighted by Crippen LogP contribution is 2.29. The van der Waals surface area contributed by atoms with Crippen LogP contribution in [0, 0.1) is 16.0 Å². The van der Waals surface area contributed by atoms with E-state index in [1.807, 2.05) is 0 Å². The SMILES string of the molecule is CC(C)C(=O)Oc1cc([N+](=O)[O-])ccc1Cl. The number of rotatable bonds is 3. The minimum atomic E-state index is -0.580. The summed E-state index contributed by atoms with van der Waals surface area (Å²) in [5.41, 5.74) is -0.170. The summed E-state index contributed by atoms with van der Waals surface area (Å²) in [5.74, 6) is -0.799. The zero-order chi connectivity index (χ0) is 12.3. The van der Waals surface area contributed by atoms with Crippen LogP contribution < -0.4 is 4.74 Å². The first kappa shape index (κ1) is 12.4. The minimum Gasteiger partial charge on any atom is -0.424 e. The molecule has 0 bridgehead atoms. The molecule has 0 aromatic heterocycles. The molecule has 0 aliphatic carbocycles. The van der Waals surface area contributed by atoms with Gasteiger partial charge in [-0.3, -0.25) is 14.9 Å². The standard InChI is InChI=1S/C10H10ClNO4/c1-6(2)10(13)16-9-5-7(12(14)15)3-4-8(9)11/h3-6H,1-2H3. The Bertz CT molecular complexity index is 431. The van der Waals surface area contributed by atoms with Gasteiger partial charge in [-0.1, -0.05) is 25.4 Å². The van der Waals surface area contributed by atoms with Crippen molar-refractivity contribution in [2.24, 2.45) is 5.92 Å². The third-order valence-corrected chi connectivity index (χ3v) is 2.12. The van der Waals surface area contributed by atoms with Gasteiger partial charge in [0, 0.05) is 6.07 Å². The second-order valence-electron chi connectivity index (χ2n) is 3.45. The Hall–Kier alpha value is -1.62. The van der Waals surface area contributed by atoms with Crippen molar-refractivity contribution < 1.29 is 14.5 Å². The summed E-state index contributed by atoms with van der Waals surface area (Å²) in [6.07, 6.45) is 0. The van der Waals surface area contributed by atoms with Crippen molar-refractivity contribution in [3.05, 3.63) is 33.3 Å². The lowest BCUT2D eigenvalue weighted by Gasteiger charge is -2.07. The first-order valence-electron chi connectivity index (χ1n) is 4.57. The van der Waals surface area contributed by atoms with Crippen LogP contribution in [-0.2, 0) is 4.79 Å². The highest BCUT2D eigenvalue weighted by atomic mass is 35.5. The molecule has 5 nitrogen and oxygen atoms in total. The van der Waals surface area contributed by atoms with E-state index in [4.69, 9.17) is 16.3 Å². The van der Waals surface area contributed by atoms with Crippen molar-refractivity contribution >= 4 is 23.3 Å². The summed E-state index contributed by atoms with van der Waals surface area (Å²) in [4.78, 5) is 21.2. The van der Waals surface area contributed by atoms with E-state index in [9.17, 15) is 14.9 Å². The summed E-state index contributed by atoms with van der Waals surface area (Å²) in [6.45, 7) is 3.32. The van der Waals surface area contributed by atoms with Crippen LogP contribution in [0.15, 0.2) is 18.2 Å². The molecule has 86 valence electrons. The Balaban J connectivity index is 2.99. The van der Waals surface area contributed by atoms with Crippen LogP contribution in [0.4, 0.5) is 5.69 Å². The van der Waals surface area contributed by atoms with Crippen molar-refractivity contribution in [3.8, 4) is 5.75 Å². The first-order valence-corrected chi connectivity index (χ1v) is 4.95. The molecule has 1 rings (SSSR count). The molecule has 0 spiro atoms. The molecular formula is C10H10ClNO4. The van der Waals surface area contributed by atoms with Gasteiger partial charge in [-0.25, -0.2) is 0 Å². The van der Waals surface area contributed by atoms with E-state index < -0.39 is 10.9 Å². The summed E-state index contributed by atoms with van der Waals surface area (Å²) >= 11 is 5.75. The van der Waals surface area contributed by atoms with E-state index in [0.29, 0.717) is 0 Å². The van der Waals surface area contributed by atoms with Crippen molar-refractivity contribution in [3.63, 3.8) is 0 Å². The lowest BCUT2D eigenvalue weighted by molar-refractivity contribution is -0.384. The molecular weight excluding hydrogens is 234 g/mol. The Morgan fingerprint density at radius 2 is 2.12 bits per heavy atom. The van der Waals surface area contributed by atoms with Crippen molar-refractivity contribution in [2.45, 2.75) is 13.8 Å². The van der Waals surface area contributed by atoms with Crippen LogP contribution in [0.3, 0.4) is 0 Å². The van der Waals surface area contributed by atoms with Crippen molar-refractivity contribution in [2.75, 3.05) is 0 Å². The third-order valence-electron chi connectivity index (χ3n) is 1.81. The van der Waals surface area contributed by atoms with Gasteiger partial charge in [0.05, 0.1) is 21.9 Å². The number of hydrogen-bond donors (Lipinski definition) is 0. The summed E-state index contributed by atoms with van der Waals surface area (Å²) in [7, 11) is 0. The highest BCUT2D eigenvalue weighted by Gasteiger charge is 2.15. The summed E-state index contributed by atoms with van der Waals surface area (Å²) in [5, 5.41) is 10.7. The fourth-order valence-electron chi connectivity index (χ4n) is 0.910. The van der Waals surface area contributed by atoms with Gasteiger partial charge in [0.2, 0.25) is 0 Å². The normalized spacial score (nSPS) is 10.2. The van der Waals surface area contributed by atoms with Gasteiger partial charge in [0.15, 0.2) is 5.75 Å². The lowest BCUT2D eigenvalue weighted by atomic mass is 10.2. The molecule has 0 amide bonds. The highest BCUT2D eigenvalue weighted by molar-refractivity contribution is 6.32. The molecule has 0 unspecified atom stereocenters. The van der Waals surface area contributed by atoms with Gasteiger partial charge < -0.3 is 4.74 Å². The topological polar surface area (TPSA) is 69.4 Å². The molecule has 6 heteroatoms. The maximum Gasteiger partial charge on any atom is 0.313 e. The van der Waals surface area contributed by atoms with E-state index in [1.165, 1.54) is 12.1 Å². The maximum atomic E-state index is 11.3. The molecule has 1 aromatic rings. The fourth-order valence-corrected chi connectivity index (χ4v) is 1.07. The average molecular weight is 244 g/mol. The average Bonchev–Trinajstić information content (AvgIpc) is 2.20. The van der Waals surface area contributed by atoms with E-state index in [1.54, 1.807) is 13.8 Å². The van der Waals surface area contributed by atoms with Gasteiger partial charge in [0.1, 0.15) is 0 Å². The largest absolute Gasteiger partial charge is 0.424 e. The van der Waals surface area contributed by atoms with Crippen LogP contribution in [0.1, 0.15) is 13.8 Å². The van der Waals surface area contributed by atoms with Crippen molar-refractivity contribution in [1.82, 2.24) is 0 Å². The number of non-ortho nitro benzene ring substituents is 1. The predicted molar refractivity (Wildman–Crippen MR) is 58.6 cm³/mol. The third kappa shape index (κ3) is 2.93. The predicted octanol–water partition coefficient (Wildman–Crippen LogP) is 2.81. The number of esters is 1. The van der Waals surface area contributed by atoms with Gasteiger partial charge in [-0.05, 0) is 6.07 Å². The van der Waals surface area contributed by atoms with Crippen LogP contribution in [0.25, 0.3) is 0 Å². The van der Waals surface area contributed by atoms with Gasteiger partial charge >= 0.3 is 5.97 Å². The Labute approximate surface area is 97.1 Å². The van der Waals surface area contributed by atoms with Crippen molar-refractivity contribution in [1.29, 1.82) is 0 Å². The Morgan fingerprint density at radius 3 is 2.62 bits per heavy atom. The first-order chi connectivity index (χ1) is 7.41. The Morgan fingerprint density at radius 1 is 1.50 bits per heavy atom. The van der Waals surface area contributed by atoms with Gasteiger partial charge in [-0.2, -0.15) is 0 Å². The molecule has 1 aromatic carbocycles. The molecule has 0 saturated heterocycles. The number of carbonyl (C=O) groups is 1. The van der Waals surface area contributed by atoms with Gasteiger partial charge in [-0.15, -0.1) is 0 Å². The molecule has 0 heterocycles. The van der Waals surface area contributed by atoms with E-state index in [-0.39, 0.29) is 22.4 Å². The number of ether oxygens (including phenoxy) is 1. The molecule has 0 atom stereocenters. The monoisotopic (exact) mass is 243 g/mol. The van der Waals surface area contributed by atoms with Crippen LogP contribution in [0.2, 0.25) is 5.02 Å². The Kier molecular flexibility index (Phi) is 3.84. The number of nitro benzene ring substituents is 1. The quantitative estimate of drug-likeness (QED) is 0.354. The van der Waals surface area contributed by atoms with E-state index >= 15 is 0 Å². The van der Waals surface area contributed by atoms with E-state index in [2.05, 4.69) is 0 Å². The van der Waals surface area contributed by atoms with Crippen LogP contribution in [0.5, 0.6) is 5.75 Å². The minimum absolute atomic E-state index is 0.00886. The molecule has 0 aliphatic heterocycles. The van der Waals surface area contributed by atoms with E-state index in [0.717, 1.165) is 6.07 Å². The van der Waals surface area contributed by atoms with Crippen LogP contribution >= 0.6 is 11.6 Å². The number of carbonyl (C=O) groups excluding carboxylic acids is 1. The summed E-state index contributed by atoms with van der Waals surface area (Å²) < 4.78 is 4.92. The van der Waals surface area contributed by atoms with Crippen LogP contribution in [-0.4, -0.2) is 10.9 Å². The molecule has 0 radical (unpaired) electrons. The zero-order valence-electron chi connectivity index (χ0n) is 8.77. The summed E-state index contributed by atoms with van der Waals surface area (Å²) in [6, 6.07) is 3.69. The number of nitrogens with zero attached hydrogens (tertiary/aromatic N) is 1. The maximum absolute atomic E-state index is 11.3. The molecule has 0 aliphatic rings. The molecule has 0 saturated carbocycles. The molecule has 0 N–H and O–H groups in total. The molecule has 16 heavy (non-hydrogen) atoms. The lowest BCUT2D eigenvalue weighted by Crippen LogP contribution is -2.15. The number of nitro groups is 1. The fraction of sp³-hybridized carbons (Fsp3) is 0.300. The second-order valence-corrected chi connectivity index (χ2v) is 3.85. The smallest absolute Gasteiger partial charge is 0.313 e. The molecule has 0 fully saturated rings. The number of halogens is 1. The number of benzene rings is 1.